The van der Waals surface area contributed by atoms with Crippen LogP contribution in [0.3, 0.4) is 0 Å². The van der Waals surface area contributed by atoms with E-state index in [0.717, 1.165) is 0 Å². The van der Waals surface area contributed by atoms with E-state index in [0.29, 0.717) is 0 Å². The number of carbonyl (C=O) groups is 1. The number of aliphatic hydroxyl groups excluding tert-OH is 3. The van der Waals surface area contributed by atoms with Crippen LogP contribution >= 0.6 is 0 Å². The van der Waals surface area contributed by atoms with Crippen LogP contribution in [0.5, 0.6) is 0 Å². The van der Waals surface area contributed by atoms with Crippen molar-refractivity contribution in [1.29, 1.82) is 0 Å². The van der Waals surface area contributed by atoms with Gasteiger partial charge in [-0.3, -0.25) is 0 Å². The van der Waals surface area contributed by atoms with Gasteiger partial charge in [0.15, 0.2) is 0 Å². The average molecular weight is 176 g/mol. The van der Waals surface area contributed by atoms with Crippen molar-refractivity contribution in [3.63, 3.8) is 0 Å². The Bertz CT molecular complexity index is 177. The number of hydrogen-bond acceptors (Lipinski definition) is 4. The molecule has 70 valence electrons. The van der Waals surface area contributed by atoms with E-state index in [9.17, 15) is 4.79 Å². The van der Waals surface area contributed by atoms with Crippen molar-refractivity contribution in [2.24, 2.45) is 0 Å². The molecule has 2 unspecified atom stereocenters. The van der Waals surface area contributed by atoms with Crippen LogP contribution in [0.25, 0.3) is 0 Å². The molecule has 12 heavy (non-hydrogen) atoms. The van der Waals surface area contributed by atoms with Gasteiger partial charge < -0.3 is 20.4 Å². The van der Waals surface area contributed by atoms with Crippen LogP contribution in [0.1, 0.15) is 6.42 Å². The molecular weight excluding hydrogens is 164 g/mol. The normalized spacial score (nSPS) is 15.2. The third-order valence-corrected chi connectivity index (χ3v) is 1.39. The standard InChI is InChI=1S/C7H12O5/c1-4(7(11)12)2-5(9)6(10)3-8/h5-6,8-10H,1-3H2,(H,11,12). The highest BCUT2D eigenvalue weighted by Crippen LogP contribution is 2.06. The highest BCUT2D eigenvalue weighted by atomic mass is 16.4. The van der Waals surface area contributed by atoms with Crippen LogP contribution in [-0.4, -0.2) is 45.2 Å². The van der Waals surface area contributed by atoms with E-state index in [2.05, 4.69) is 6.58 Å². The van der Waals surface area contributed by atoms with Crippen molar-refractivity contribution in [3.8, 4) is 0 Å². The highest BCUT2D eigenvalue weighted by Gasteiger charge is 2.18. The van der Waals surface area contributed by atoms with E-state index in [1.165, 1.54) is 0 Å². The largest absolute Gasteiger partial charge is 0.478 e. The second kappa shape index (κ2) is 4.87. The fourth-order valence-corrected chi connectivity index (χ4v) is 0.597. The molecule has 0 aliphatic heterocycles. The zero-order valence-corrected chi connectivity index (χ0v) is 6.47. The SMILES string of the molecule is C=C(CC(O)C(O)CO)C(=O)O. The maximum absolute atomic E-state index is 10.2. The number of carboxylic acids is 1. The number of hydrogen-bond donors (Lipinski definition) is 4. The zero-order valence-electron chi connectivity index (χ0n) is 6.47. The lowest BCUT2D eigenvalue weighted by molar-refractivity contribution is -0.133. The van der Waals surface area contributed by atoms with Gasteiger partial charge >= 0.3 is 5.97 Å². The third kappa shape index (κ3) is 3.47. The monoisotopic (exact) mass is 176 g/mol. The second-order valence-electron chi connectivity index (χ2n) is 2.43. The molecule has 2 atom stereocenters. The van der Waals surface area contributed by atoms with Crippen LogP contribution in [-0.2, 0) is 4.79 Å². The molecular formula is C7H12O5. The van der Waals surface area contributed by atoms with Crippen LogP contribution in [0.15, 0.2) is 12.2 Å². The summed E-state index contributed by atoms with van der Waals surface area (Å²) in [5, 5.41) is 34.5. The smallest absolute Gasteiger partial charge is 0.331 e. The first-order valence-corrected chi connectivity index (χ1v) is 3.37. The Kier molecular flexibility index (Phi) is 4.50. The third-order valence-electron chi connectivity index (χ3n) is 1.39. The Morgan fingerprint density at radius 3 is 2.17 bits per heavy atom. The lowest BCUT2D eigenvalue weighted by Gasteiger charge is -2.14. The lowest BCUT2D eigenvalue weighted by atomic mass is 10.1. The Morgan fingerprint density at radius 2 is 1.83 bits per heavy atom. The van der Waals surface area contributed by atoms with Crippen molar-refractivity contribution in [2.45, 2.75) is 18.6 Å². The van der Waals surface area contributed by atoms with Crippen molar-refractivity contribution < 1.29 is 25.2 Å². The second-order valence-corrected chi connectivity index (χ2v) is 2.43. The minimum absolute atomic E-state index is 0.199. The van der Waals surface area contributed by atoms with Crippen LogP contribution in [0, 0.1) is 0 Å². The molecule has 0 aliphatic carbocycles. The first-order chi connectivity index (χ1) is 5.49. The fraction of sp³-hybridized carbons (Fsp3) is 0.571. The Labute approximate surface area is 69.6 Å². The van der Waals surface area contributed by atoms with Crippen LogP contribution < -0.4 is 0 Å². The fourth-order valence-electron chi connectivity index (χ4n) is 0.597. The van der Waals surface area contributed by atoms with Gasteiger partial charge in [-0.2, -0.15) is 0 Å². The summed E-state index contributed by atoms with van der Waals surface area (Å²) in [6, 6.07) is 0. The molecule has 0 saturated heterocycles. The van der Waals surface area contributed by atoms with Gasteiger partial charge in [-0.15, -0.1) is 0 Å². The molecule has 0 bridgehead atoms. The molecule has 0 spiro atoms. The van der Waals surface area contributed by atoms with Crippen LogP contribution in [0.2, 0.25) is 0 Å². The van der Waals surface area contributed by atoms with Gasteiger partial charge in [0.2, 0.25) is 0 Å². The topological polar surface area (TPSA) is 98.0 Å². The molecule has 0 rings (SSSR count). The molecule has 0 aromatic carbocycles. The number of carboxylic acid groups (broad SMARTS) is 1. The van der Waals surface area contributed by atoms with E-state index in [1.807, 2.05) is 0 Å². The Morgan fingerprint density at radius 1 is 1.33 bits per heavy atom. The van der Waals surface area contributed by atoms with Gasteiger partial charge in [0.05, 0.1) is 12.7 Å². The first-order valence-electron chi connectivity index (χ1n) is 3.37. The quantitative estimate of drug-likeness (QED) is 0.391. The molecule has 0 aromatic rings. The molecule has 5 heteroatoms. The van der Waals surface area contributed by atoms with Gasteiger partial charge in [0, 0.05) is 12.0 Å². The van der Waals surface area contributed by atoms with Gasteiger partial charge in [-0.05, 0) is 0 Å². The van der Waals surface area contributed by atoms with E-state index in [4.69, 9.17) is 20.4 Å². The van der Waals surface area contributed by atoms with Gasteiger partial charge in [0.25, 0.3) is 0 Å². The van der Waals surface area contributed by atoms with Gasteiger partial charge in [0.1, 0.15) is 6.10 Å². The molecule has 0 fully saturated rings. The van der Waals surface area contributed by atoms with Crippen molar-refractivity contribution in [1.82, 2.24) is 0 Å². The van der Waals surface area contributed by atoms with Gasteiger partial charge in [-0.25, -0.2) is 4.79 Å². The summed E-state index contributed by atoms with van der Waals surface area (Å²) >= 11 is 0. The maximum atomic E-state index is 10.2. The average Bonchev–Trinajstić information content (AvgIpc) is 2.02. The molecule has 0 aliphatic rings. The first kappa shape index (κ1) is 11.1. The molecule has 0 heterocycles. The predicted molar refractivity (Wildman–Crippen MR) is 40.5 cm³/mol. The molecule has 0 radical (unpaired) electrons. The summed E-state index contributed by atoms with van der Waals surface area (Å²) in [6.45, 7) is 2.56. The lowest BCUT2D eigenvalue weighted by Crippen LogP contribution is -2.30. The predicted octanol–water partition coefficient (Wildman–Crippen LogP) is -1.27. The number of rotatable bonds is 5. The van der Waals surface area contributed by atoms with E-state index < -0.39 is 24.8 Å². The number of aliphatic hydroxyl groups is 3. The molecule has 0 amide bonds. The van der Waals surface area contributed by atoms with Crippen LogP contribution in [0.4, 0.5) is 0 Å². The highest BCUT2D eigenvalue weighted by molar-refractivity contribution is 5.85. The summed E-state index contributed by atoms with van der Waals surface area (Å²) in [6.07, 6.45) is -2.85. The van der Waals surface area contributed by atoms with E-state index >= 15 is 0 Å². The Hall–Kier alpha value is -0.910. The summed E-state index contributed by atoms with van der Waals surface area (Å²) in [5.74, 6) is -1.22. The van der Waals surface area contributed by atoms with Crippen molar-refractivity contribution in [2.75, 3.05) is 6.61 Å². The maximum Gasteiger partial charge on any atom is 0.331 e. The van der Waals surface area contributed by atoms with E-state index in [-0.39, 0.29) is 12.0 Å². The minimum Gasteiger partial charge on any atom is -0.478 e. The molecule has 0 saturated carbocycles. The summed E-state index contributed by atoms with van der Waals surface area (Å²) < 4.78 is 0. The van der Waals surface area contributed by atoms with E-state index in [1.54, 1.807) is 0 Å². The molecule has 4 N–H and O–H groups in total. The number of aliphatic carboxylic acids is 1. The Balaban J connectivity index is 3.92. The summed E-state index contributed by atoms with van der Waals surface area (Å²) in [5.41, 5.74) is -0.199. The molecule has 5 nitrogen and oxygen atoms in total. The summed E-state index contributed by atoms with van der Waals surface area (Å²) in [7, 11) is 0. The van der Waals surface area contributed by atoms with Crippen molar-refractivity contribution in [3.05, 3.63) is 12.2 Å². The zero-order chi connectivity index (χ0) is 9.72. The van der Waals surface area contributed by atoms with Gasteiger partial charge in [-0.1, -0.05) is 6.58 Å². The van der Waals surface area contributed by atoms with Crippen molar-refractivity contribution >= 4 is 5.97 Å². The minimum atomic E-state index is -1.32. The summed E-state index contributed by atoms with van der Waals surface area (Å²) in [4.78, 5) is 10.2. The molecule has 0 aromatic heterocycles.